The van der Waals surface area contributed by atoms with Crippen LogP contribution in [0.5, 0.6) is 0 Å². The van der Waals surface area contributed by atoms with Crippen LogP contribution in [0.15, 0.2) is 30.5 Å². The number of thiocarbonyl (C=S) groups is 1. The number of rotatable bonds is 4. The summed E-state index contributed by atoms with van der Waals surface area (Å²) in [4.78, 5) is 3.21. The van der Waals surface area contributed by atoms with Crippen LogP contribution in [-0.2, 0) is 13.0 Å². The van der Waals surface area contributed by atoms with E-state index in [1.165, 1.54) is 9.75 Å². The summed E-state index contributed by atoms with van der Waals surface area (Å²) in [5.41, 5.74) is 6.59. The smallest absolute Gasteiger partial charge is 0.120 e. The highest BCUT2D eigenvalue weighted by atomic mass is 32.1. The number of nitrogens with zero attached hydrogens (tertiary/aromatic N) is 1. The molecular weight excluding hydrogens is 236 g/mol. The Bertz CT molecular complexity index is 497. The van der Waals surface area contributed by atoms with Gasteiger partial charge in [-0.3, -0.25) is 0 Å². The van der Waals surface area contributed by atoms with Crippen molar-refractivity contribution >= 4 is 28.5 Å². The van der Waals surface area contributed by atoms with E-state index in [-0.39, 0.29) is 0 Å². The molecule has 0 aromatic carbocycles. The summed E-state index contributed by atoms with van der Waals surface area (Å²) in [5.74, 6) is 0. The van der Waals surface area contributed by atoms with Crippen molar-refractivity contribution in [1.82, 2.24) is 4.57 Å². The van der Waals surface area contributed by atoms with Gasteiger partial charge in [-0.1, -0.05) is 19.1 Å². The summed E-state index contributed by atoms with van der Waals surface area (Å²) >= 11 is 6.85. The Labute approximate surface area is 105 Å². The first-order chi connectivity index (χ1) is 7.70. The third-order valence-corrected chi connectivity index (χ3v) is 3.90. The number of aryl methyl sites for hydroxylation is 1. The molecule has 84 valence electrons. The second-order valence-electron chi connectivity index (χ2n) is 3.61. The van der Waals surface area contributed by atoms with Gasteiger partial charge in [-0.25, -0.2) is 0 Å². The predicted molar refractivity (Wildman–Crippen MR) is 73.1 cm³/mol. The molecule has 2 aromatic heterocycles. The zero-order chi connectivity index (χ0) is 11.5. The van der Waals surface area contributed by atoms with Crippen LogP contribution in [0.3, 0.4) is 0 Å². The van der Waals surface area contributed by atoms with Gasteiger partial charge in [0.2, 0.25) is 0 Å². The minimum Gasteiger partial charge on any atom is -0.388 e. The van der Waals surface area contributed by atoms with E-state index in [9.17, 15) is 0 Å². The summed E-state index contributed by atoms with van der Waals surface area (Å²) in [6.07, 6.45) is 3.11. The molecule has 0 aliphatic carbocycles. The van der Waals surface area contributed by atoms with Crippen molar-refractivity contribution in [2.24, 2.45) is 5.73 Å². The Morgan fingerprint density at radius 1 is 1.38 bits per heavy atom. The summed E-state index contributed by atoms with van der Waals surface area (Å²) in [6.45, 7) is 3.02. The molecule has 0 saturated carbocycles. The standard InChI is InChI=1S/C12H14N2S2/c1-2-9-5-6-10(16-9)8-14-7-3-4-11(14)12(13)15/h3-7H,2,8H2,1H3,(H2,13,15). The van der Waals surface area contributed by atoms with E-state index in [4.69, 9.17) is 18.0 Å². The van der Waals surface area contributed by atoms with Gasteiger partial charge in [0, 0.05) is 16.0 Å². The van der Waals surface area contributed by atoms with Crippen LogP contribution in [0.1, 0.15) is 22.4 Å². The van der Waals surface area contributed by atoms with Crippen molar-refractivity contribution in [2.75, 3.05) is 0 Å². The Kier molecular flexibility index (Phi) is 3.41. The summed E-state index contributed by atoms with van der Waals surface area (Å²) < 4.78 is 2.09. The average molecular weight is 250 g/mol. The molecule has 0 amide bonds. The highest BCUT2D eigenvalue weighted by molar-refractivity contribution is 7.80. The minimum absolute atomic E-state index is 0.456. The lowest BCUT2D eigenvalue weighted by molar-refractivity contribution is 0.811. The van der Waals surface area contributed by atoms with Gasteiger partial charge in [0.15, 0.2) is 0 Å². The Morgan fingerprint density at radius 2 is 2.12 bits per heavy atom. The first-order valence-electron chi connectivity index (χ1n) is 5.23. The van der Waals surface area contributed by atoms with Crippen LogP contribution in [0, 0.1) is 0 Å². The van der Waals surface area contributed by atoms with Crippen molar-refractivity contribution < 1.29 is 0 Å². The second kappa shape index (κ2) is 4.80. The highest BCUT2D eigenvalue weighted by Crippen LogP contribution is 2.18. The van der Waals surface area contributed by atoms with E-state index >= 15 is 0 Å². The summed E-state index contributed by atoms with van der Waals surface area (Å²) in [6, 6.07) is 8.29. The third-order valence-electron chi connectivity index (χ3n) is 2.47. The van der Waals surface area contributed by atoms with E-state index in [1.54, 1.807) is 0 Å². The number of nitrogens with two attached hydrogens (primary N) is 1. The van der Waals surface area contributed by atoms with Gasteiger partial charge in [0.1, 0.15) is 4.99 Å². The monoisotopic (exact) mass is 250 g/mol. The minimum atomic E-state index is 0.456. The topological polar surface area (TPSA) is 30.9 Å². The molecule has 0 unspecified atom stereocenters. The third kappa shape index (κ3) is 2.33. The maximum Gasteiger partial charge on any atom is 0.120 e. The number of hydrogen-bond acceptors (Lipinski definition) is 2. The fourth-order valence-corrected chi connectivity index (χ4v) is 2.78. The molecule has 0 spiro atoms. The predicted octanol–water partition coefficient (Wildman–Crippen LogP) is 2.79. The van der Waals surface area contributed by atoms with Gasteiger partial charge in [0.25, 0.3) is 0 Å². The largest absolute Gasteiger partial charge is 0.388 e. The zero-order valence-corrected chi connectivity index (χ0v) is 10.8. The van der Waals surface area contributed by atoms with Gasteiger partial charge in [0.05, 0.1) is 12.2 Å². The van der Waals surface area contributed by atoms with Crippen LogP contribution in [0.4, 0.5) is 0 Å². The Morgan fingerprint density at radius 3 is 2.75 bits per heavy atom. The fraction of sp³-hybridized carbons (Fsp3) is 0.250. The highest BCUT2D eigenvalue weighted by Gasteiger charge is 2.05. The second-order valence-corrected chi connectivity index (χ2v) is 5.30. The van der Waals surface area contributed by atoms with Crippen molar-refractivity contribution in [3.05, 3.63) is 45.9 Å². The van der Waals surface area contributed by atoms with Crippen LogP contribution >= 0.6 is 23.6 Å². The van der Waals surface area contributed by atoms with E-state index in [0.29, 0.717) is 4.99 Å². The summed E-state index contributed by atoms with van der Waals surface area (Å²) in [5, 5.41) is 0. The molecule has 0 aliphatic rings. The van der Waals surface area contributed by atoms with E-state index in [0.717, 1.165) is 18.7 Å². The van der Waals surface area contributed by atoms with Crippen molar-refractivity contribution in [3.63, 3.8) is 0 Å². The molecule has 2 rings (SSSR count). The van der Waals surface area contributed by atoms with Gasteiger partial charge >= 0.3 is 0 Å². The summed E-state index contributed by atoms with van der Waals surface area (Å²) in [7, 11) is 0. The molecule has 16 heavy (non-hydrogen) atoms. The molecule has 0 aliphatic heterocycles. The van der Waals surface area contributed by atoms with Crippen molar-refractivity contribution in [1.29, 1.82) is 0 Å². The maximum absolute atomic E-state index is 5.66. The first kappa shape index (κ1) is 11.4. The Balaban J connectivity index is 2.20. The molecule has 2 nitrogen and oxygen atoms in total. The van der Waals surface area contributed by atoms with Gasteiger partial charge in [-0.2, -0.15) is 0 Å². The molecule has 2 N–H and O–H groups in total. The number of thiophene rings is 1. The van der Waals surface area contributed by atoms with E-state index in [1.807, 2.05) is 29.7 Å². The van der Waals surface area contributed by atoms with Crippen LogP contribution in [-0.4, -0.2) is 9.56 Å². The van der Waals surface area contributed by atoms with Crippen molar-refractivity contribution in [2.45, 2.75) is 19.9 Å². The van der Waals surface area contributed by atoms with Crippen LogP contribution in [0.2, 0.25) is 0 Å². The number of aromatic nitrogens is 1. The zero-order valence-electron chi connectivity index (χ0n) is 9.14. The molecule has 2 heterocycles. The van der Waals surface area contributed by atoms with Crippen LogP contribution < -0.4 is 5.73 Å². The normalized spacial score (nSPS) is 10.6. The average Bonchev–Trinajstić information content (AvgIpc) is 2.87. The lowest BCUT2D eigenvalue weighted by Crippen LogP contribution is -2.15. The lowest BCUT2D eigenvalue weighted by atomic mass is 10.3. The van der Waals surface area contributed by atoms with E-state index in [2.05, 4.69) is 23.6 Å². The van der Waals surface area contributed by atoms with Gasteiger partial charge in [-0.15, -0.1) is 11.3 Å². The van der Waals surface area contributed by atoms with Gasteiger partial charge in [-0.05, 0) is 30.7 Å². The van der Waals surface area contributed by atoms with Crippen LogP contribution in [0.25, 0.3) is 0 Å². The fourth-order valence-electron chi connectivity index (χ4n) is 1.64. The van der Waals surface area contributed by atoms with Crippen molar-refractivity contribution in [3.8, 4) is 0 Å². The molecule has 0 radical (unpaired) electrons. The lowest BCUT2D eigenvalue weighted by Gasteiger charge is -2.05. The maximum atomic E-state index is 5.66. The van der Waals surface area contributed by atoms with Gasteiger partial charge < -0.3 is 10.3 Å². The molecule has 0 fully saturated rings. The molecule has 0 bridgehead atoms. The molecule has 0 atom stereocenters. The molecule has 2 aromatic rings. The quantitative estimate of drug-likeness (QED) is 0.846. The molecule has 4 heteroatoms. The first-order valence-corrected chi connectivity index (χ1v) is 6.45. The van der Waals surface area contributed by atoms with E-state index < -0.39 is 0 Å². The molecule has 0 saturated heterocycles. The number of hydrogen-bond donors (Lipinski definition) is 1. The Hall–Kier alpha value is -1.13. The SMILES string of the molecule is CCc1ccc(Cn2cccc2C(N)=S)s1. The molecular formula is C12H14N2S2.